The van der Waals surface area contributed by atoms with Gasteiger partial charge in [0.1, 0.15) is 0 Å². The fourth-order valence-electron chi connectivity index (χ4n) is 7.97. The second-order valence-electron chi connectivity index (χ2n) is 14.0. The van der Waals surface area contributed by atoms with Crippen molar-refractivity contribution in [3.05, 3.63) is 117 Å². The van der Waals surface area contributed by atoms with Gasteiger partial charge in [0.05, 0.1) is 0 Å². The number of benzene rings is 3. The Morgan fingerprint density at radius 1 is 0.667 bits per heavy atom. The Balaban J connectivity index is 0.000000159. The molecule has 0 spiro atoms. The molecular formula is C42H54Cl2N2PRu-. The summed E-state index contributed by atoms with van der Waals surface area (Å²) in [6.07, 6.45) is 14.4. The summed E-state index contributed by atoms with van der Waals surface area (Å²) >= 11 is -1.80. The van der Waals surface area contributed by atoms with E-state index in [1.807, 2.05) is 0 Å². The SMILES string of the molecule is Cc1cc(C)c(N2[CH-]N(c3c(C)cc(C)cc3C)CC2)c(C)c1.PC1CCCCC1.[Cl][Ru]([Cl])=[C]1C=C(c2ccccc2)C2=C1CCCC2. The van der Waals surface area contributed by atoms with E-state index in [0.29, 0.717) is 0 Å². The van der Waals surface area contributed by atoms with Crippen molar-refractivity contribution in [2.75, 3.05) is 22.9 Å². The van der Waals surface area contributed by atoms with Gasteiger partial charge in [-0.3, -0.25) is 0 Å². The molecule has 1 atom stereocenters. The number of hydrogen-bond donors (Lipinski definition) is 0. The third-order valence-corrected chi connectivity index (χ3v) is 13.8. The van der Waals surface area contributed by atoms with Crippen molar-refractivity contribution in [2.45, 2.75) is 105 Å². The van der Waals surface area contributed by atoms with Gasteiger partial charge in [0.15, 0.2) is 0 Å². The molecular weight excluding hydrogens is 735 g/mol. The van der Waals surface area contributed by atoms with Crippen LogP contribution in [0.4, 0.5) is 11.4 Å². The summed E-state index contributed by atoms with van der Waals surface area (Å²) in [4.78, 5) is 4.81. The summed E-state index contributed by atoms with van der Waals surface area (Å²) in [5, 5.41) is 0. The third-order valence-electron chi connectivity index (χ3n) is 9.93. The van der Waals surface area contributed by atoms with Crippen molar-refractivity contribution < 1.29 is 13.5 Å². The van der Waals surface area contributed by atoms with E-state index < -0.39 is 13.5 Å². The maximum absolute atomic E-state index is 6.25. The molecule has 0 bridgehead atoms. The minimum atomic E-state index is -1.80. The number of nitrogens with zero attached hydrogens (tertiary/aromatic N) is 2. The first-order valence-electron chi connectivity index (χ1n) is 17.7. The number of anilines is 2. The molecule has 1 saturated heterocycles. The van der Waals surface area contributed by atoms with Crippen molar-refractivity contribution in [1.29, 1.82) is 0 Å². The van der Waals surface area contributed by atoms with Crippen LogP contribution in [0.2, 0.25) is 0 Å². The topological polar surface area (TPSA) is 6.48 Å². The van der Waals surface area contributed by atoms with Crippen LogP contribution < -0.4 is 9.80 Å². The summed E-state index contributed by atoms with van der Waals surface area (Å²) in [5.41, 5.74) is 17.4. The maximum atomic E-state index is 6.25. The van der Waals surface area contributed by atoms with Crippen molar-refractivity contribution >= 4 is 49.7 Å². The second kappa shape index (κ2) is 17.4. The first-order valence-corrected chi connectivity index (χ1v) is 23.7. The van der Waals surface area contributed by atoms with Gasteiger partial charge in [-0.2, -0.15) is 6.67 Å². The molecule has 7 rings (SSSR count). The first kappa shape index (κ1) is 37.5. The number of hydrogen-bond acceptors (Lipinski definition) is 2. The molecule has 1 saturated carbocycles. The van der Waals surface area contributed by atoms with Crippen molar-refractivity contribution in [3.63, 3.8) is 0 Å². The molecule has 0 amide bonds. The Kier molecular flexibility index (Phi) is 13.6. The van der Waals surface area contributed by atoms with E-state index in [4.69, 9.17) is 19.4 Å². The van der Waals surface area contributed by atoms with E-state index in [2.05, 4.69) is 128 Å². The molecule has 2 fully saturated rings. The Hall–Kier alpha value is -1.76. The summed E-state index contributed by atoms with van der Waals surface area (Å²) in [6.45, 7) is 17.6. The minimum absolute atomic E-state index is 0.953. The van der Waals surface area contributed by atoms with Gasteiger partial charge in [-0.15, -0.1) is 9.24 Å². The average molecular weight is 790 g/mol. The normalized spacial score (nSPS) is 18.1. The van der Waals surface area contributed by atoms with Gasteiger partial charge < -0.3 is 9.80 Å². The molecule has 1 unspecified atom stereocenters. The van der Waals surface area contributed by atoms with E-state index in [-0.39, 0.29) is 0 Å². The number of aryl methyl sites for hydroxylation is 6. The van der Waals surface area contributed by atoms with Crippen molar-refractivity contribution in [2.24, 2.45) is 0 Å². The summed E-state index contributed by atoms with van der Waals surface area (Å²) in [7, 11) is 15.4. The van der Waals surface area contributed by atoms with Gasteiger partial charge >= 0.3 is 121 Å². The van der Waals surface area contributed by atoms with Crippen molar-refractivity contribution in [3.8, 4) is 0 Å². The predicted octanol–water partition coefficient (Wildman–Crippen LogP) is 12.2. The van der Waals surface area contributed by atoms with Gasteiger partial charge in [0.25, 0.3) is 0 Å². The summed E-state index contributed by atoms with van der Waals surface area (Å²) in [5.74, 6) is 0. The van der Waals surface area contributed by atoms with E-state index in [1.54, 1.807) is 0 Å². The average Bonchev–Trinajstić information content (AvgIpc) is 3.67. The van der Waals surface area contributed by atoms with E-state index in [9.17, 15) is 0 Å². The molecule has 3 aromatic rings. The zero-order chi connectivity index (χ0) is 34.4. The van der Waals surface area contributed by atoms with Crippen LogP contribution in [0.3, 0.4) is 0 Å². The Labute approximate surface area is 306 Å². The van der Waals surface area contributed by atoms with Crippen LogP contribution in [0, 0.1) is 48.2 Å². The molecule has 3 aliphatic carbocycles. The Morgan fingerprint density at radius 3 is 1.58 bits per heavy atom. The molecule has 1 aliphatic heterocycles. The Morgan fingerprint density at radius 2 is 1.15 bits per heavy atom. The van der Waals surface area contributed by atoms with Crippen LogP contribution in [0.15, 0.2) is 71.8 Å². The monoisotopic (exact) mass is 789 g/mol. The number of rotatable bonds is 3. The van der Waals surface area contributed by atoms with Gasteiger partial charge in [0, 0.05) is 24.5 Å². The molecule has 0 N–H and O–H groups in total. The fourth-order valence-corrected chi connectivity index (χ4v) is 11.2. The molecule has 3 aromatic carbocycles. The molecule has 0 aromatic heterocycles. The fraction of sp³-hybridized carbons (Fsp3) is 0.429. The van der Waals surface area contributed by atoms with Crippen LogP contribution in [-0.4, -0.2) is 22.9 Å². The zero-order valence-electron chi connectivity index (χ0n) is 29.8. The molecule has 6 heteroatoms. The predicted molar refractivity (Wildman–Crippen MR) is 214 cm³/mol. The van der Waals surface area contributed by atoms with Crippen LogP contribution in [0.25, 0.3) is 5.57 Å². The molecule has 48 heavy (non-hydrogen) atoms. The standard InChI is InChI=1S/C21H27N2.C15H14.C6H13P.2ClH.Ru/c1-14-9-16(3)20(17(4)10-14)22-7-8-23(13-22)21-18(5)11-15(2)12-19(21)6;1-2-6-12(7-3-1)15-11-10-13-8-4-5-9-14(13)15;7-6-4-2-1-3-5-6;;;/h9-13H,7-8H2,1-6H3;1-3,6-7,11H,4-5,8-9H2;6H,1-5,7H2;2*1H;/q-1;;;;;+2/p-2. The molecule has 0 radical (unpaired) electrons. The molecule has 2 nitrogen and oxygen atoms in total. The van der Waals surface area contributed by atoms with Crippen molar-refractivity contribution in [1.82, 2.24) is 0 Å². The number of allylic oxidation sites excluding steroid dienone is 4. The van der Waals surface area contributed by atoms with Crippen LogP contribution in [0.1, 0.15) is 96.7 Å². The van der Waals surface area contributed by atoms with Crippen LogP contribution in [0.5, 0.6) is 0 Å². The third kappa shape index (κ3) is 9.32. The quantitative estimate of drug-likeness (QED) is 0.148. The second-order valence-corrected chi connectivity index (χ2v) is 20.8. The van der Waals surface area contributed by atoms with Crippen LogP contribution in [-0.2, 0) is 13.5 Å². The molecule has 260 valence electrons. The van der Waals surface area contributed by atoms with E-state index >= 15 is 0 Å². The van der Waals surface area contributed by atoms with Gasteiger partial charge in [-0.1, -0.05) is 54.7 Å². The first-order chi connectivity index (χ1) is 23.0. The number of halogens is 2. The van der Waals surface area contributed by atoms with Crippen LogP contribution >= 0.6 is 28.6 Å². The van der Waals surface area contributed by atoms with Gasteiger partial charge in [0.2, 0.25) is 0 Å². The summed E-state index contributed by atoms with van der Waals surface area (Å²) in [6, 6.07) is 19.7. The van der Waals surface area contributed by atoms with E-state index in [0.717, 1.165) is 25.2 Å². The van der Waals surface area contributed by atoms with Gasteiger partial charge in [-0.05, 0) is 82.3 Å². The zero-order valence-corrected chi connectivity index (χ0v) is 34.2. The van der Waals surface area contributed by atoms with E-state index in [1.165, 1.54) is 123 Å². The molecule has 1 heterocycles. The Bertz CT molecular complexity index is 1570. The van der Waals surface area contributed by atoms with Gasteiger partial charge in [-0.25, -0.2) is 0 Å². The summed E-state index contributed by atoms with van der Waals surface area (Å²) < 4.78 is 1.26. The molecule has 4 aliphatic rings.